The topological polar surface area (TPSA) is 131 Å². The lowest BCUT2D eigenvalue weighted by molar-refractivity contribution is -0.143. The average Bonchev–Trinajstić information content (AvgIpc) is 2.19. The number of nitrogens with zero attached hydrogens (tertiary/aromatic N) is 1. The first-order valence-electron chi connectivity index (χ1n) is 5.73. The maximum Gasteiger partial charge on any atom is 0.326 e. The molecule has 0 aromatic carbocycles. The van der Waals surface area contributed by atoms with E-state index in [0.29, 0.717) is 13.0 Å². The second-order valence-electron chi connectivity index (χ2n) is 5.06. The molecule has 0 aliphatic carbocycles. The van der Waals surface area contributed by atoms with Crippen LogP contribution in [-0.2, 0) is 9.59 Å². The summed E-state index contributed by atoms with van der Waals surface area (Å²) >= 11 is 0. The lowest BCUT2D eigenvalue weighted by Crippen LogP contribution is -2.45. The zero-order valence-corrected chi connectivity index (χ0v) is 11.1. The molecule has 0 saturated heterocycles. The average molecular weight is 258 g/mol. The summed E-state index contributed by atoms with van der Waals surface area (Å²) in [4.78, 5) is 26.4. The van der Waals surface area contributed by atoms with Crippen molar-refractivity contribution in [2.24, 2.45) is 21.9 Å². The van der Waals surface area contributed by atoms with Crippen molar-refractivity contribution in [1.82, 2.24) is 5.32 Å². The molecule has 1 amide bonds. The van der Waals surface area contributed by atoms with Crippen LogP contribution < -0.4 is 16.8 Å². The molecule has 1 atom stereocenters. The SMILES string of the molecule is CC(C)(C)C(=O)N[C@H](CCCN=C(N)N)C(=O)O. The van der Waals surface area contributed by atoms with E-state index >= 15 is 0 Å². The molecule has 0 fully saturated rings. The van der Waals surface area contributed by atoms with Gasteiger partial charge < -0.3 is 21.9 Å². The number of carboxylic acids is 1. The number of carboxylic acid groups (broad SMARTS) is 1. The van der Waals surface area contributed by atoms with Gasteiger partial charge in [0, 0.05) is 12.0 Å². The summed E-state index contributed by atoms with van der Waals surface area (Å²) in [5.74, 6) is -1.38. The van der Waals surface area contributed by atoms with Crippen LogP contribution in [0.4, 0.5) is 0 Å². The molecular weight excluding hydrogens is 236 g/mol. The predicted molar refractivity (Wildman–Crippen MR) is 68.9 cm³/mol. The summed E-state index contributed by atoms with van der Waals surface area (Å²) in [6.45, 7) is 5.51. The fraction of sp³-hybridized carbons (Fsp3) is 0.727. The van der Waals surface area contributed by atoms with Crippen molar-refractivity contribution < 1.29 is 14.7 Å². The maximum atomic E-state index is 11.7. The van der Waals surface area contributed by atoms with Crippen molar-refractivity contribution in [2.45, 2.75) is 39.7 Å². The second-order valence-corrected chi connectivity index (χ2v) is 5.06. The first-order chi connectivity index (χ1) is 8.14. The fourth-order valence-corrected chi connectivity index (χ4v) is 1.14. The Balaban J connectivity index is 4.29. The molecule has 104 valence electrons. The molecule has 0 saturated carbocycles. The number of aliphatic carboxylic acids is 1. The molecule has 0 bridgehead atoms. The molecule has 18 heavy (non-hydrogen) atoms. The van der Waals surface area contributed by atoms with Crippen molar-refractivity contribution in [3.63, 3.8) is 0 Å². The van der Waals surface area contributed by atoms with Crippen LogP contribution in [0.15, 0.2) is 4.99 Å². The molecule has 0 aromatic heterocycles. The second kappa shape index (κ2) is 6.83. The zero-order chi connectivity index (χ0) is 14.3. The van der Waals surface area contributed by atoms with E-state index in [-0.39, 0.29) is 18.3 Å². The first-order valence-corrected chi connectivity index (χ1v) is 5.73. The lowest BCUT2D eigenvalue weighted by Gasteiger charge is -2.21. The number of nitrogens with one attached hydrogen (secondary N) is 1. The smallest absolute Gasteiger partial charge is 0.326 e. The van der Waals surface area contributed by atoms with Gasteiger partial charge >= 0.3 is 5.97 Å². The largest absolute Gasteiger partial charge is 0.480 e. The maximum absolute atomic E-state index is 11.7. The molecule has 0 heterocycles. The van der Waals surface area contributed by atoms with Crippen LogP contribution in [0.25, 0.3) is 0 Å². The van der Waals surface area contributed by atoms with E-state index in [1.165, 1.54) is 0 Å². The van der Waals surface area contributed by atoms with Crippen molar-refractivity contribution in [3.8, 4) is 0 Å². The summed E-state index contributed by atoms with van der Waals surface area (Å²) in [7, 11) is 0. The quantitative estimate of drug-likeness (QED) is 0.294. The van der Waals surface area contributed by atoms with E-state index in [4.69, 9.17) is 16.6 Å². The van der Waals surface area contributed by atoms with Crippen molar-refractivity contribution in [1.29, 1.82) is 0 Å². The van der Waals surface area contributed by atoms with E-state index < -0.39 is 17.4 Å². The van der Waals surface area contributed by atoms with E-state index in [9.17, 15) is 9.59 Å². The van der Waals surface area contributed by atoms with E-state index in [1.54, 1.807) is 20.8 Å². The number of guanidine groups is 1. The molecule has 0 aromatic rings. The van der Waals surface area contributed by atoms with E-state index in [2.05, 4.69) is 10.3 Å². The standard InChI is InChI=1S/C11H22N4O3/c1-11(2,3)9(18)15-7(8(16)17)5-4-6-14-10(12)13/h7H,4-6H2,1-3H3,(H,15,18)(H,16,17)(H4,12,13,14)/t7-/m1/s1. The van der Waals surface area contributed by atoms with Gasteiger partial charge in [-0.25, -0.2) is 4.79 Å². The molecule has 7 nitrogen and oxygen atoms in total. The summed E-state index contributed by atoms with van der Waals surface area (Å²) in [5.41, 5.74) is 9.68. The van der Waals surface area contributed by atoms with Gasteiger partial charge in [-0.05, 0) is 12.8 Å². The van der Waals surface area contributed by atoms with Crippen molar-refractivity contribution >= 4 is 17.8 Å². The Morgan fingerprint density at radius 1 is 1.33 bits per heavy atom. The number of rotatable bonds is 6. The third kappa shape index (κ3) is 6.72. The van der Waals surface area contributed by atoms with Gasteiger partial charge in [-0.1, -0.05) is 20.8 Å². The van der Waals surface area contributed by atoms with E-state index in [1.807, 2.05) is 0 Å². The van der Waals surface area contributed by atoms with Gasteiger partial charge in [-0.2, -0.15) is 0 Å². The van der Waals surface area contributed by atoms with Gasteiger partial charge in [0.05, 0.1) is 0 Å². The zero-order valence-electron chi connectivity index (χ0n) is 11.1. The predicted octanol–water partition coefficient (Wildman–Crippen LogP) is -0.344. The molecular formula is C11H22N4O3. The van der Waals surface area contributed by atoms with Crippen LogP contribution in [-0.4, -0.2) is 35.5 Å². The molecule has 7 heteroatoms. The third-order valence-electron chi connectivity index (χ3n) is 2.23. The number of hydrogen-bond acceptors (Lipinski definition) is 3. The minimum atomic E-state index is -1.06. The summed E-state index contributed by atoms with van der Waals surface area (Å²) < 4.78 is 0. The fourth-order valence-electron chi connectivity index (χ4n) is 1.14. The van der Waals surface area contributed by atoms with Crippen LogP contribution in [0.2, 0.25) is 0 Å². The van der Waals surface area contributed by atoms with Crippen LogP contribution in [0.3, 0.4) is 0 Å². The van der Waals surface area contributed by atoms with E-state index in [0.717, 1.165) is 0 Å². The number of aliphatic imine (C=N–C) groups is 1. The summed E-state index contributed by atoms with van der Waals surface area (Å²) in [6, 6.07) is -0.911. The number of amides is 1. The highest BCUT2D eigenvalue weighted by Gasteiger charge is 2.26. The minimum Gasteiger partial charge on any atom is -0.480 e. The van der Waals surface area contributed by atoms with Crippen LogP contribution >= 0.6 is 0 Å². The summed E-state index contributed by atoms with van der Waals surface area (Å²) in [5, 5.41) is 11.5. The minimum absolute atomic E-state index is 0.0272. The number of carbonyl (C=O) groups excluding carboxylic acids is 1. The normalized spacial score (nSPS) is 12.6. The number of nitrogens with two attached hydrogens (primary N) is 2. The first kappa shape index (κ1) is 16.2. The Kier molecular flexibility index (Phi) is 6.15. The molecule has 6 N–H and O–H groups in total. The van der Waals surface area contributed by atoms with Gasteiger partial charge in [0.25, 0.3) is 0 Å². The van der Waals surface area contributed by atoms with Gasteiger partial charge in [0.1, 0.15) is 6.04 Å². The highest BCUT2D eigenvalue weighted by atomic mass is 16.4. The van der Waals surface area contributed by atoms with Gasteiger partial charge in [-0.3, -0.25) is 9.79 Å². The molecule has 0 radical (unpaired) electrons. The number of carbonyl (C=O) groups is 2. The van der Waals surface area contributed by atoms with Crippen molar-refractivity contribution in [2.75, 3.05) is 6.54 Å². The molecule has 0 unspecified atom stereocenters. The van der Waals surface area contributed by atoms with Gasteiger partial charge in [0.15, 0.2) is 5.96 Å². The molecule has 0 spiro atoms. The van der Waals surface area contributed by atoms with Gasteiger partial charge in [-0.15, -0.1) is 0 Å². The Bertz CT molecular complexity index is 330. The molecule has 0 aliphatic heterocycles. The number of hydrogen-bond donors (Lipinski definition) is 4. The van der Waals surface area contributed by atoms with Crippen LogP contribution in [0.5, 0.6) is 0 Å². The third-order valence-corrected chi connectivity index (χ3v) is 2.23. The van der Waals surface area contributed by atoms with Gasteiger partial charge in [0.2, 0.25) is 5.91 Å². The Hall–Kier alpha value is -1.79. The lowest BCUT2D eigenvalue weighted by atomic mass is 9.95. The van der Waals surface area contributed by atoms with Crippen molar-refractivity contribution in [3.05, 3.63) is 0 Å². The highest BCUT2D eigenvalue weighted by Crippen LogP contribution is 2.13. The summed E-state index contributed by atoms with van der Waals surface area (Å²) in [6.07, 6.45) is 0.771. The van der Waals surface area contributed by atoms with Crippen LogP contribution in [0.1, 0.15) is 33.6 Å². The molecule has 0 aliphatic rings. The Morgan fingerprint density at radius 2 is 1.89 bits per heavy atom. The Labute approximate surface area is 107 Å². The van der Waals surface area contributed by atoms with Crippen LogP contribution in [0, 0.1) is 5.41 Å². The molecule has 0 rings (SSSR count). The highest BCUT2D eigenvalue weighted by molar-refractivity contribution is 5.86. The Morgan fingerprint density at radius 3 is 2.28 bits per heavy atom. The monoisotopic (exact) mass is 258 g/mol.